The van der Waals surface area contributed by atoms with Crippen LogP contribution in [0.3, 0.4) is 0 Å². The average molecular weight is 432 g/mol. The van der Waals surface area contributed by atoms with Crippen molar-refractivity contribution < 1.29 is 9.53 Å². The van der Waals surface area contributed by atoms with Crippen molar-refractivity contribution in [2.24, 2.45) is 5.41 Å². The Kier molecular flexibility index (Phi) is 13.1. The summed E-state index contributed by atoms with van der Waals surface area (Å²) >= 11 is 0. The molecule has 3 heteroatoms. The van der Waals surface area contributed by atoms with E-state index in [2.05, 4.69) is 65.1 Å². The summed E-state index contributed by atoms with van der Waals surface area (Å²) in [5, 5.41) is 3.93. The van der Waals surface area contributed by atoms with Crippen molar-refractivity contribution >= 4 is 5.78 Å². The fourth-order valence-corrected chi connectivity index (χ4v) is 4.87. The summed E-state index contributed by atoms with van der Waals surface area (Å²) < 4.78 is 6.19. The molecule has 0 fully saturated rings. The standard InChI is InChI=1S/C28H49NO2/c1-8-13-24(11-4)29-27(14-9-2)26-18-17-25(16-15-22(26)6)31-21-20-28(12-5,19-10-3)23(7)30/h15-16,18,24,27,29H,8-14,17,19-21H2,1-7H3. The highest BCUT2D eigenvalue weighted by Gasteiger charge is 2.32. The smallest absolute Gasteiger partial charge is 0.136 e. The lowest BCUT2D eigenvalue weighted by atomic mass is 9.75. The van der Waals surface area contributed by atoms with Gasteiger partial charge in [0.05, 0.1) is 12.4 Å². The fourth-order valence-electron chi connectivity index (χ4n) is 4.87. The van der Waals surface area contributed by atoms with Crippen LogP contribution in [0.25, 0.3) is 0 Å². The van der Waals surface area contributed by atoms with E-state index in [1.165, 1.54) is 36.8 Å². The van der Waals surface area contributed by atoms with Gasteiger partial charge in [-0.1, -0.05) is 66.0 Å². The van der Waals surface area contributed by atoms with Crippen LogP contribution in [0.1, 0.15) is 113 Å². The summed E-state index contributed by atoms with van der Waals surface area (Å²) in [5.74, 6) is 1.31. The van der Waals surface area contributed by atoms with Gasteiger partial charge in [-0.05, 0) is 69.6 Å². The van der Waals surface area contributed by atoms with E-state index in [0.29, 0.717) is 24.5 Å². The minimum Gasteiger partial charge on any atom is -0.498 e. The van der Waals surface area contributed by atoms with Crippen LogP contribution >= 0.6 is 0 Å². The maximum Gasteiger partial charge on any atom is 0.136 e. The highest BCUT2D eigenvalue weighted by molar-refractivity contribution is 5.82. The normalized spacial score (nSPS) is 18.2. The zero-order valence-electron chi connectivity index (χ0n) is 21.5. The molecule has 178 valence electrons. The first-order valence-corrected chi connectivity index (χ1v) is 12.8. The quantitative estimate of drug-likeness (QED) is 0.272. The van der Waals surface area contributed by atoms with E-state index in [4.69, 9.17) is 4.74 Å². The van der Waals surface area contributed by atoms with E-state index < -0.39 is 0 Å². The Morgan fingerprint density at radius 3 is 2.32 bits per heavy atom. The van der Waals surface area contributed by atoms with Crippen molar-refractivity contribution in [3.8, 4) is 0 Å². The summed E-state index contributed by atoms with van der Waals surface area (Å²) in [7, 11) is 0. The molecule has 0 spiro atoms. The predicted octanol–water partition coefficient (Wildman–Crippen LogP) is 7.68. The molecular weight excluding hydrogens is 382 g/mol. The second-order valence-electron chi connectivity index (χ2n) is 9.29. The first-order chi connectivity index (χ1) is 14.9. The molecule has 3 nitrogen and oxygen atoms in total. The van der Waals surface area contributed by atoms with Crippen LogP contribution in [-0.4, -0.2) is 24.5 Å². The van der Waals surface area contributed by atoms with Gasteiger partial charge >= 0.3 is 0 Å². The van der Waals surface area contributed by atoms with Crippen LogP contribution in [-0.2, 0) is 9.53 Å². The highest BCUT2D eigenvalue weighted by atomic mass is 16.5. The molecule has 0 bridgehead atoms. The molecule has 3 atom stereocenters. The van der Waals surface area contributed by atoms with Crippen molar-refractivity contribution in [1.82, 2.24) is 5.32 Å². The lowest BCUT2D eigenvalue weighted by Crippen LogP contribution is -2.39. The van der Waals surface area contributed by atoms with Crippen LogP contribution in [0.2, 0.25) is 0 Å². The Hall–Kier alpha value is -1.35. The summed E-state index contributed by atoms with van der Waals surface area (Å²) in [6.07, 6.45) is 17.1. The minimum absolute atomic E-state index is 0.225. The van der Waals surface area contributed by atoms with Gasteiger partial charge in [-0.2, -0.15) is 0 Å². The molecule has 1 aliphatic carbocycles. The van der Waals surface area contributed by atoms with E-state index in [0.717, 1.165) is 44.3 Å². The lowest BCUT2D eigenvalue weighted by Gasteiger charge is -2.30. The number of nitrogens with one attached hydrogen (secondary N) is 1. The molecule has 1 rings (SSSR count). The zero-order valence-corrected chi connectivity index (χ0v) is 21.5. The zero-order chi connectivity index (χ0) is 23.3. The summed E-state index contributed by atoms with van der Waals surface area (Å²) in [4.78, 5) is 12.3. The third-order valence-corrected chi connectivity index (χ3v) is 7.04. The van der Waals surface area contributed by atoms with Crippen molar-refractivity contribution in [3.63, 3.8) is 0 Å². The Balaban J connectivity index is 2.83. The molecule has 0 aromatic heterocycles. The molecule has 0 aromatic carbocycles. The average Bonchev–Trinajstić information content (AvgIpc) is 2.93. The van der Waals surface area contributed by atoms with Gasteiger partial charge in [0.15, 0.2) is 0 Å². The number of carbonyl (C=O) groups is 1. The number of carbonyl (C=O) groups excluding carboxylic acids is 1. The van der Waals surface area contributed by atoms with E-state index in [-0.39, 0.29) is 5.41 Å². The fraction of sp³-hybridized carbons (Fsp3) is 0.750. The van der Waals surface area contributed by atoms with Gasteiger partial charge in [0.2, 0.25) is 0 Å². The Labute approximate surface area is 192 Å². The number of ketones is 1. The maximum atomic E-state index is 12.3. The SMILES string of the molecule is CCCC(CC)NC(CCC)C1=CCC(OCCC(CC)(CCC)C(C)=O)=CC=C1C. The number of Topliss-reactive ketones (excluding diaryl/α,β-unsaturated/α-hetero) is 1. The second-order valence-corrected chi connectivity index (χ2v) is 9.29. The second kappa shape index (κ2) is 14.7. The molecule has 0 amide bonds. The molecule has 3 unspecified atom stereocenters. The van der Waals surface area contributed by atoms with Gasteiger partial charge in [0.25, 0.3) is 0 Å². The van der Waals surface area contributed by atoms with Crippen LogP contribution in [0, 0.1) is 5.41 Å². The number of rotatable bonds is 16. The largest absolute Gasteiger partial charge is 0.498 e. The van der Waals surface area contributed by atoms with Gasteiger partial charge in [0, 0.05) is 23.9 Å². The van der Waals surface area contributed by atoms with Crippen LogP contribution < -0.4 is 5.32 Å². The number of hydrogen-bond donors (Lipinski definition) is 1. The molecule has 0 saturated heterocycles. The summed E-state index contributed by atoms with van der Waals surface area (Å²) in [6, 6.07) is 0.981. The molecule has 1 N–H and O–H groups in total. The molecule has 0 saturated carbocycles. The van der Waals surface area contributed by atoms with Crippen molar-refractivity contribution in [1.29, 1.82) is 0 Å². The Morgan fingerprint density at radius 1 is 1.06 bits per heavy atom. The van der Waals surface area contributed by atoms with Gasteiger partial charge < -0.3 is 10.1 Å². The van der Waals surface area contributed by atoms with Gasteiger partial charge in [-0.15, -0.1) is 0 Å². The Bertz CT molecular complexity index is 631. The van der Waals surface area contributed by atoms with E-state index in [1.807, 2.05) is 0 Å². The van der Waals surface area contributed by atoms with Gasteiger partial charge in [-0.3, -0.25) is 4.79 Å². The topological polar surface area (TPSA) is 38.3 Å². The first-order valence-electron chi connectivity index (χ1n) is 12.8. The Morgan fingerprint density at radius 2 is 1.77 bits per heavy atom. The van der Waals surface area contributed by atoms with Gasteiger partial charge in [-0.25, -0.2) is 0 Å². The number of ether oxygens (including phenoxy) is 1. The lowest BCUT2D eigenvalue weighted by molar-refractivity contribution is -0.128. The van der Waals surface area contributed by atoms with Crippen LogP contribution in [0.4, 0.5) is 0 Å². The summed E-state index contributed by atoms with van der Waals surface area (Å²) in [6.45, 7) is 15.7. The van der Waals surface area contributed by atoms with Gasteiger partial charge in [0.1, 0.15) is 5.78 Å². The van der Waals surface area contributed by atoms with Crippen molar-refractivity contribution in [2.75, 3.05) is 6.61 Å². The minimum atomic E-state index is -0.225. The predicted molar refractivity (Wildman–Crippen MR) is 134 cm³/mol. The molecule has 0 aliphatic heterocycles. The highest BCUT2D eigenvalue weighted by Crippen LogP contribution is 2.34. The third kappa shape index (κ3) is 8.60. The van der Waals surface area contributed by atoms with Crippen LogP contribution in [0.5, 0.6) is 0 Å². The molecular formula is C28H49NO2. The monoisotopic (exact) mass is 431 g/mol. The molecule has 0 heterocycles. The molecule has 31 heavy (non-hydrogen) atoms. The van der Waals surface area contributed by atoms with E-state index in [9.17, 15) is 4.79 Å². The molecule has 0 radical (unpaired) electrons. The van der Waals surface area contributed by atoms with Crippen molar-refractivity contribution in [2.45, 2.75) is 125 Å². The number of allylic oxidation sites excluding steroid dienone is 3. The maximum absolute atomic E-state index is 12.3. The summed E-state index contributed by atoms with van der Waals surface area (Å²) in [5.41, 5.74) is 2.52. The third-order valence-electron chi connectivity index (χ3n) is 7.04. The first kappa shape index (κ1) is 27.7. The van der Waals surface area contributed by atoms with Crippen molar-refractivity contribution in [3.05, 3.63) is 35.1 Å². The van der Waals surface area contributed by atoms with Crippen LogP contribution in [0.15, 0.2) is 35.1 Å². The molecule has 0 aromatic rings. The number of hydrogen-bond acceptors (Lipinski definition) is 3. The molecule has 1 aliphatic rings. The van der Waals surface area contributed by atoms with E-state index >= 15 is 0 Å². The van der Waals surface area contributed by atoms with E-state index in [1.54, 1.807) is 6.92 Å².